The summed E-state index contributed by atoms with van der Waals surface area (Å²) in [5, 5.41) is 6.00. The highest BCUT2D eigenvalue weighted by molar-refractivity contribution is 7.10. The van der Waals surface area contributed by atoms with E-state index < -0.39 is 0 Å². The van der Waals surface area contributed by atoms with Crippen molar-refractivity contribution in [2.45, 2.75) is 33.1 Å². The van der Waals surface area contributed by atoms with Gasteiger partial charge < -0.3 is 4.90 Å². The van der Waals surface area contributed by atoms with Crippen LogP contribution in [0, 0.1) is 0 Å². The van der Waals surface area contributed by atoms with Crippen molar-refractivity contribution in [2.24, 2.45) is 5.10 Å². The third kappa shape index (κ3) is 5.81. The number of nitrogens with zero attached hydrogens (tertiary/aromatic N) is 2. The summed E-state index contributed by atoms with van der Waals surface area (Å²) in [6.07, 6.45) is 4.33. The van der Waals surface area contributed by atoms with E-state index in [2.05, 4.69) is 41.4 Å². The second kappa shape index (κ2) is 9.88. The van der Waals surface area contributed by atoms with Gasteiger partial charge in [-0.15, -0.1) is 11.3 Å². The standard InChI is InChI=1S/C19H25N3OS/c1-3-11-22(12-4-2)17-9-7-16(8-10-17)15-20-21-19(23)14-18-6-5-13-24-18/h5-10,13,15H,3-4,11-12,14H2,1-2H3,(H,21,23)/b20-15+. The van der Waals surface area contributed by atoms with Crippen molar-refractivity contribution in [3.63, 3.8) is 0 Å². The summed E-state index contributed by atoms with van der Waals surface area (Å²) in [6.45, 7) is 6.53. The largest absolute Gasteiger partial charge is 0.372 e. The van der Waals surface area contributed by atoms with Crippen LogP contribution in [0.3, 0.4) is 0 Å². The van der Waals surface area contributed by atoms with Gasteiger partial charge in [0, 0.05) is 23.7 Å². The molecule has 0 aliphatic heterocycles. The molecule has 0 saturated heterocycles. The van der Waals surface area contributed by atoms with Gasteiger partial charge in [-0.3, -0.25) is 4.79 Å². The van der Waals surface area contributed by atoms with E-state index in [4.69, 9.17) is 0 Å². The third-order valence-corrected chi connectivity index (χ3v) is 4.44. The highest BCUT2D eigenvalue weighted by atomic mass is 32.1. The quantitative estimate of drug-likeness (QED) is 0.551. The molecule has 1 aromatic heterocycles. The summed E-state index contributed by atoms with van der Waals surface area (Å²) >= 11 is 1.58. The minimum atomic E-state index is -0.0950. The molecule has 0 atom stereocenters. The first-order valence-electron chi connectivity index (χ1n) is 8.42. The van der Waals surface area contributed by atoms with Crippen LogP contribution in [0.25, 0.3) is 0 Å². The Morgan fingerprint density at radius 1 is 1.17 bits per heavy atom. The van der Waals surface area contributed by atoms with Crippen molar-refractivity contribution in [3.8, 4) is 0 Å². The van der Waals surface area contributed by atoms with E-state index in [0.29, 0.717) is 6.42 Å². The predicted octanol–water partition coefficient (Wildman–Crippen LogP) is 4.07. The van der Waals surface area contributed by atoms with E-state index in [-0.39, 0.29) is 5.91 Å². The van der Waals surface area contributed by atoms with Crippen LogP contribution >= 0.6 is 11.3 Å². The van der Waals surface area contributed by atoms with Gasteiger partial charge in [0.25, 0.3) is 0 Å². The molecule has 0 aliphatic rings. The Hall–Kier alpha value is -2.14. The lowest BCUT2D eigenvalue weighted by atomic mass is 10.2. The van der Waals surface area contributed by atoms with Crippen LogP contribution < -0.4 is 10.3 Å². The van der Waals surface area contributed by atoms with Crippen LogP contribution in [-0.2, 0) is 11.2 Å². The molecule has 128 valence electrons. The van der Waals surface area contributed by atoms with E-state index >= 15 is 0 Å². The molecule has 0 unspecified atom stereocenters. The number of benzene rings is 1. The molecule has 1 aromatic carbocycles. The van der Waals surface area contributed by atoms with E-state index in [9.17, 15) is 4.79 Å². The van der Waals surface area contributed by atoms with Crippen LogP contribution in [0.15, 0.2) is 46.9 Å². The number of hydrazone groups is 1. The number of carbonyl (C=O) groups is 1. The van der Waals surface area contributed by atoms with Gasteiger partial charge in [-0.25, -0.2) is 5.43 Å². The number of rotatable bonds is 9. The van der Waals surface area contributed by atoms with Gasteiger partial charge in [-0.1, -0.05) is 32.0 Å². The number of hydrogen-bond acceptors (Lipinski definition) is 4. The highest BCUT2D eigenvalue weighted by Gasteiger charge is 2.04. The molecule has 0 aliphatic carbocycles. The zero-order chi connectivity index (χ0) is 17.2. The molecule has 5 heteroatoms. The average Bonchev–Trinajstić information content (AvgIpc) is 3.08. The van der Waals surface area contributed by atoms with E-state index in [1.807, 2.05) is 29.6 Å². The lowest BCUT2D eigenvalue weighted by Crippen LogP contribution is -2.24. The maximum Gasteiger partial charge on any atom is 0.245 e. The molecule has 4 nitrogen and oxygen atoms in total. The Morgan fingerprint density at radius 3 is 2.46 bits per heavy atom. The molecule has 0 spiro atoms. The number of carbonyl (C=O) groups excluding carboxylic acids is 1. The van der Waals surface area contributed by atoms with E-state index in [1.165, 1.54) is 5.69 Å². The fraction of sp³-hybridized carbons (Fsp3) is 0.368. The van der Waals surface area contributed by atoms with Crippen molar-refractivity contribution in [1.82, 2.24) is 5.43 Å². The van der Waals surface area contributed by atoms with Crippen molar-refractivity contribution >= 4 is 29.1 Å². The molecule has 1 heterocycles. The maximum absolute atomic E-state index is 11.8. The van der Waals surface area contributed by atoms with Gasteiger partial charge in [-0.2, -0.15) is 5.10 Å². The first-order valence-corrected chi connectivity index (χ1v) is 9.30. The first kappa shape index (κ1) is 18.2. The van der Waals surface area contributed by atoms with Gasteiger partial charge in [0.05, 0.1) is 12.6 Å². The summed E-state index contributed by atoms with van der Waals surface area (Å²) in [7, 11) is 0. The monoisotopic (exact) mass is 343 g/mol. The first-order chi connectivity index (χ1) is 11.7. The molecular weight excluding hydrogens is 318 g/mol. The minimum Gasteiger partial charge on any atom is -0.372 e. The summed E-state index contributed by atoms with van der Waals surface area (Å²) in [5.41, 5.74) is 4.78. The lowest BCUT2D eigenvalue weighted by Gasteiger charge is -2.23. The third-order valence-electron chi connectivity index (χ3n) is 3.56. The lowest BCUT2D eigenvalue weighted by molar-refractivity contribution is -0.120. The second-order valence-corrected chi connectivity index (χ2v) is 6.66. The van der Waals surface area contributed by atoms with Crippen LogP contribution in [0.4, 0.5) is 5.69 Å². The smallest absolute Gasteiger partial charge is 0.245 e. The molecule has 1 N–H and O–H groups in total. The minimum absolute atomic E-state index is 0.0950. The van der Waals surface area contributed by atoms with E-state index in [0.717, 1.165) is 36.4 Å². The molecular formula is C19H25N3OS. The Balaban J connectivity index is 1.87. The van der Waals surface area contributed by atoms with Crippen LogP contribution in [0.5, 0.6) is 0 Å². The van der Waals surface area contributed by atoms with Gasteiger partial charge in [0.2, 0.25) is 5.91 Å². The Bertz CT molecular complexity index is 629. The predicted molar refractivity (Wildman–Crippen MR) is 103 cm³/mol. The zero-order valence-corrected chi connectivity index (χ0v) is 15.2. The molecule has 0 saturated carbocycles. The van der Waals surface area contributed by atoms with Gasteiger partial charge in [0.1, 0.15) is 0 Å². The van der Waals surface area contributed by atoms with Crippen LogP contribution in [0.2, 0.25) is 0 Å². The summed E-state index contributed by atoms with van der Waals surface area (Å²) in [6, 6.07) is 12.2. The Morgan fingerprint density at radius 2 is 1.88 bits per heavy atom. The Labute approximate surface area is 148 Å². The fourth-order valence-corrected chi connectivity index (χ4v) is 3.17. The summed E-state index contributed by atoms with van der Waals surface area (Å²) in [4.78, 5) is 15.2. The highest BCUT2D eigenvalue weighted by Crippen LogP contribution is 2.15. The SMILES string of the molecule is CCCN(CCC)c1ccc(/C=N/NC(=O)Cc2cccs2)cc1. The summed E-state index contributed by atoms with van der Waals surface area (Å²) in [5.74, 6) is -0.0950. The van der Waals surface area contributed by atoms with E-state index in [1.54, 1.807) is 17.6 Å². The van der Waals surface area contributed by atoms with Crippen molar-refractivity contribution in [1.29, 1.82) is 0 Å². The second-order valence-electron chi connectivity index (χ2n) is 5.63. The fourth-order valence-electron chi connectivity index (χ4n) is 2.47. The molecule has 0 fully saturated rings. The van der Waals surface area contributed by atoms with Crippen molar-refractivity contribution in [3.05, 3.63) is 52.2 Å². The van der Waals surface area contributed by atoms with Gasteiger partial charge in [0.15, 0.2) is 0 Å². The zero-order valence-electron chi connectivity index (χ0n) is 14.4. The maximum atomic E-state index is 11.8. The number of hydrogen-bond donors (Lipinski definition) is 1. The van der Waals surface area contributed by atoms with Crippen molar-refractivity contribution < 1.29 is 4.79 Å². The number of nitrogens with one attached hydrogen (secondary N) is 1. The van der Waals surface area contributed by atoms with Gasteiger partial charge in [-0.05, 0) is 42.0 Å². The molecule has 0 radical (unpaired) electrons. The summed E-state index contributed by atoms with van der Waals surface area (Å²) < 4.78 is 0. The number of thiophene rings is 1. The topological polar surface area (TPSA) is 44.7 Å². The van der Waals surface area contributed by atoms with Crippen LogP contribution in [0.1, 0.15) is 37.1 Å². The number of anilines is 1. The van der Waals surface area contributed by atoms with Gasteiger partial charge >= 0.3 is 0 Å². The molecule has 2 aromatic rings. The van der Waals surface area contributed by atoms with Crippen molar-refractivity contribution in [2.75, 3.05) is 18.0 Å². The molecule has 0 bridgehead atoms. The molecule has 1 amide bonds. The number of amides is 1. The Kier molecular flexibility index (Phi) is 7.49. The molecule has 2 rings (SSSR count). The molecule has 24 heavy (non-hydrogen) atoms. The van der Waals surface area contributed by atoms with Crippen LogP contribution in [-0.4, -0.2) is 25.2 Å². The average molecular weight is 343 g/mol. The normalized spacial score (nSPS) is 10.9.